The Balaban J connectivity index is 2.79. The molecule has 6 heteroatoms. The summed E-state index contributed by atoms with van der Waals surface area (Å²) in [6, 6.07) is 4.25. The lowest BCUT2D eigenvalue weighted by molar-refractivity contribution is 0.0975. The Labute approximate surface area is 103 Å². The molecule has 0 heterocycles. The molecule has 94 valence electrons. The maximum absolute atomic E-state index is 13.3. The highest BCUT2D eigenvalue weighted by molar-refractivity contribution is 7.80. The zero-order valence-corrected chi connectivity index (χ0v) is 10.1. The van der Waals surface area contributed by atoms with Gasteiger partial charge in [0.05, 0.1) is 6.54 Å². The molecule has 0 aromatic heterocycles. The van der Waals surface area contributed by atoms with E-state index in [4.69, 9.17) is 18.0 Å². The van der Waals surface area contributed by atoms with Gasteiger partial charge in [0, 0.05) is 12.1 Å². The van der Waals surface area contributed by atoms with Crippen LogP contribution in [0, 0.1) is 5.82 Å². The van der Waals surface area contributed by atoms with Crippen molar-refractivity contribution in [1.29, 1.82) is 0 Å². The van der Waals surface area contributed by atoms with Crippen molar-refractivity contribution in [2.75, 3.05) is 13.6 Å². The molecule has 0 radical (unpaired) electrons. The molecule has 0 aliphatic carbocycles. The second-order valence-electron chi connectivity index (χ2n) is 3.77. The van der Waals surface area contributed by atoms with Crippen LogP contribution in [0.15, 0.2) is 18.2 Å². The molecule has 0 saturated carbocycles. The lowest BCUT2D eigenvalue weighted by Gasteiger charge is -2.16. The van der Waals surface area contributed by atoms with E-state index in [1.807, 2.05) is 0 Å². The van der Waals surface area contributed by atoms with Crippen LogP contribution < -0.4 is 5.73 Å². The molecule has 2 nitrogen and oxygen atoms in total. The Morgan fingerprint density at radius 3 is 2.65 bits per heavy atom. The molecule has 1 aromatic rings. The Hall–Kier alpha value is -1.14. The number of halogens is 3. The molecule has 0 bridgehead atoms. The third kappa shape index (κ3) is 4.32. The molecule has 0 unspecified atom stereocenters. The molecular weight excluding hydrogens is 249 g/mol. The predicted molar refractivity (Wildman–Crippen MR) is 64.6 cm³/mol. The first-order valence-corrected chi connectivity index (χ1v) is 5.36. The van der Waals surface area contributed by atoms with Crippen LogP contribution >= 0.6 is 12.2 Å². The van der Waals surface area contributed by atoms with Gasteiger partial charge in [-0.2, -0.15) is 0 Å². The van der Waals surface area contributed by atoms with E-state index in [-0.39, 0.29) is 17.1 Å². The van der Waals surface area contributed by atoms with E-state index < -0.39 is 12.2 Å². The van der Waals surface area contributed by atoms with Crippen molar-refractivity contribution in [3.63, 3.8) is 0 Å². The number of nitrogens with two attached hydrogens (primary N) is 1. The van der Waals surface area contributed by atoms with Gasteiger partial charge in [-0.1, -0.05) is 18.3 Å². The maximum Gasteiger partial charge on any atom is 0.251 e. The first-order chi connectivity index (χ1) is 7.90. The van der Waals surface area contributed by atoms with E-state index in [1.54, 1.807) is 7.05 Å². The second-order valence-corrected chi connectivity index (χ2v) is 4.21. The summed E-state index contributed by atoms with van der Waals surface area (Å²) in [7, 11) is 1.57. The molecule has 17 heavy (non-hydrogen) atoms. The Bertz CT molecular complexity index is 410. The zero-order valence-electron chi connectivity index (χ0n) is 9.29. The minimum Gasteiger partial charge on any atom is -0.389 e. The molecule has 1 aromatic carbocycles. The van der Waals surface area contributed by atoms with Gasteiger partial charge < -0.3 is 5.73 Å². The molecule has 0 spiro atoms. The van der Waals surface area contributed by atoms with Crippen molar-refractivity contribution in [3.05, 3.63) is 35.1 Å². The van der Waals surface area contributed by atoms with Crippen LogP contribution in [0.1, 0.15) is 11.1 Å². The van der Waals surface area contributed by atoms with Crippen molar-refractivity contribution in [1.82, 2.24) is 4.90 Å². The van der Waals surface area contributed by atoms with E-state index in [9.17, 15) is 13.2 Å². The minimum atomic E-state index is -2.39. The van der Waals surface area contributed by atoms with Crippen molar-refractivity contribution in [2.24, 2.45) is 5.73 Å². The van der Waals surface area contributed by atoms with Crippen LogP contribution in [0.25, 0.3) is 0 Å². The van der Waals surface area contributed by atoms with Gasteiger partial charge in [0.1, 0.15) is 10.8 Å². The van der Waals surface area contributed by atoms with Crippen molar-refractivity contribution < 1.29 is 13.2 Å². The van der Waals surface area contributed by atoms with Gasteiger partial charge in [-0.05, 0) is 24.7 Å². The third-order valence-electron chi connectivity index (χ3n) is 2.20. The summed E-state index contributed by atoms with van der Waals surface area (Å²) in [5, 5.41) is 0. The maximum atomic E-state index is 13.3. The molecule has 0 aliphatic rings. The summed E-state index contributed by atoms with van der Waals surface area (Å²) < 4.78 is 37.5. The van der Waals surface area contributed by atoms with Crippen LogP contribution in [-0.2, 0) is 6.54 Å². The topological polar surface area (TPSA) is 29.3 Å². The van der Waals surface area contributed by atoms with Crippen molar-refractivity contribution >= 4 is 17.2 Å². The number of hydrogen-bond acceptors (Lipinski definition) is 2. The fourth-order valence-corrected chi connectivity index (χ4v) is 1.63. The van der Waals surface area contributed by atoms with E-state index in [1.165, 1.54) is 23.1 Å². The number of hydrogen-bond donors (Lipinski definition) is 1. The van der Waals surface area contributed by atoms with Gasteiger partial charge in [0.15, 0.2) is 0 Å². The van der Waals surface area contributed by atoms with Gasteiger partial charge in [-0.15, -0.1) is 0 Å². The first-order valence-electron chi connectivity index (χ1n) is 4.95. The van der Waals surface area contributed by atoms with Crippen LogP contribution in [0.5, 0.6) is 0 Å². The van der Waals surface area contributed by atoms with Gasteiger partial charge in [-0.25, -0.2) is 13.2 Å². The summed E-state index contributed by atoms with van der Waals surface area (Å²) in [5.41, 5.74) is 6.19. The predicted octanol–water partition coefficient (Wildman–Crippen LogP) is 2.16. The second kappa shape index (κ2) is 5.97. The number of benzene rings is 1. The standard InChI is InChI=1S/C11H13F3N2S/c1-16(6-10(13)14)5-7-2-3-9(12)8(4-7)11(15)17/h2-4,10H,5-6H2,1H3,(H2,15,17). The zero-order chi connectivity index (χ0) is 13.0. The number of rotatable bonds is 5. The van der Waals surface area contributed by atoms with Crippen LogP contribution in [0.4, 0.5) is 13.2 Å². The molecule has 0 aliphatic heterocycles. The van der Waals surface area contributed by atoms with Gasteiger partial charge in [-0.3, -0.25) is 4.90 Å². The Morgan fingerprint density at radius 2 is 2.12 bits per heavy atom. The summed E-state index contributed by atoms with van der Waals surface area (Å²) in [6.07, 6.45) is -2.39. The SMILES string of the molecule is CN(Cc1ccc(F)c(C(N)=S)c1)CC(F)F. The smallest absolute Gasteiger partial charge is 0.251 e. The fraction of sp³-hybridized carbons (Fsp3) is 0.364. The number of nitrogens with zero attached hydrogens (tertiary/aromatic N) is 1. The van der Waals surface area contributed by atoms with E-state index >= 15 is 0 Å². The van der Waals surface area contributed by atoms with Crippen LogP contribution in [0.2, 0.25) is 0 Å². The molecule has 0 amide bonds. The van der Waals surface area contributed by atoms with Gasteiger partial charge in [0.25, 0.3) is 6.43 Å². The summed E-state index contributed by atoms with van der Waals surface area (Å²) in [5.74, 6) is -0.502. The lowest BCUT2D eigenvalue weighted by atomic mass is 10.1. The lowest BCUT2D eigenvalue weighted by Crippen LogP contribution is -2.24. The van der Waals surface area contributed by atoms with Gasteiger partial charge in [0.2, 0.25) is 0 Å². The summed E-state index contributed by atoms with van der Waals surface area (Å²) >= 11 is 4.70. The summed E-state index contributed by atoms with van der Waals surface area (Å²) in [6.45, 7) is -0.0417. The molecule has 0 atom stereocenters. The minimum absolute atomic E-state index is 0.0409. The first kappa shape index (κ1) is 13.9. The number of thiocarbonyl (C=S) groups is 1. The van der Waals surface area contributed by atoms with E-state index in [2.05, 4.69) is 0 Å². The highest BCUT2D eigenvalue weighted by Crippen LogP contribution is 2.12. The monoisotopic (exact) mass is 262 g/mol. The molecule has 0 saturated heterocycles. The largest absolute Gasteiger partial charge is 0.389 e. The quantitative estimate of drug-likeness (QED) is 0.825. The summed E-state index contributed by atoms with van der Waals surface area (Å²) in [4.78, 5) is 1.40. The normalized spacial score (nSPS) is 11.2. The average Bonchev–Trinajstić information content (AvgIpc) is 2.19. The van der Waals surface area contributed by atoms with Crippen LogP contribution in [-0.4, -0.2) is 29.9 Å². The fourth-order valence-electron chi connectivity index (χ4n) is 1.47. The van der Waals surface area contributed by atoms with Crippen molar-refractivity contribution in [3.8, 4) is 0 Å². The van der Waals surface area contributed by atoms with Crippen LogP contribution in [0.3, 0.4) is 0 Å². The Kier molecular flexibility index (Phi) is 4.89. The Morgan fingerprint density at radius 1 is 1.47 bits per heavy atom. The van der Waals surface area contributed by atoms with E-state index in [0.717, 1.165) is 0 Å². The highest BCUT2D eigenvalue weighted by atomic mass is 32.1. The molecule has 1 rings (SSSR count). The molecule has 2 N–H and O–H groups in total. The number of alkyl halides is 2. The average molecular weight is 262 g/mol. The third-order valence-corrected chi connectivity index (χ3v) is 2.42. The molecule has 0 fully saturated rings. The van der Waals surface area contributed by atoms with E-state index in [0.29, 0.717) is 12.1 Å². The molecular formula is C11H13F3N2S. The van der Waals surface area contributed by atoms with Gasteiger partial charge >= 0.3 is 0 Å². The highest BCUT2D eigenvalue weighted by Gasteiger charge is 2.10. The van der Waals surface area contributed by atoms with Crippen molar-refractivity contribution in [2.45, 2.75) is 13.0 Å².